The summed E-state index contributed by atoms with van der Waals surface area (Å²) in [6.45, 7) is 5.43. The SMILES string of the molecule is CC(=O)O.CC1(C)[C@@H](O)c2ccccc2C[C@H]1c1ccccc1. The molecular weight excluding hydrogens is 288 g/mol. The van der Waals surface area contributed by atoms with E-state index < -0.39 is 12.1 Å². The van der Waals surface area contributed by atoms with Crippen molar-refractivity contribution >= 4 is 5.97 Å². The fourth-order valence-electron chi connectivity index (χ4n) is 3.29. The maximum Gasteiger partial charge on any atom is 0.300 e. The van der Waals surface area contributed by atoms with Crippen molar-refractivity contribution < 1.29 is 15.0 Å². The topological polar surface area (TPSA) is 57.5 Å². The van der Waals surface area contributed by atoms with Crippen molar-refractivity contribution in [1.29, 1.82) is 0 Å². The Morgan fingerprint density at radius 2 is 1.57 bits per heavy atom. The standard InChI is InChI=1S/C18H20O.C2H4O2/c1-18(2)16(13-8-4-3-5-9-13)12-14-10-6-7-11-15(14)17(18)19;1-2(3)4/h3-11,16-17,19H,12H2,1-2H3;1H3,(H,3,4)/t16-,17-;/m0./s1. The highest BCUT2D eigenvalue weighted by Gasteiger charge is 2.42. The fourth-order valence-corrected chi connectivity index (χ4v) is 3.29. The van der Waals surface area contributed by atoms with Gasteiger partial charge in [0.25, 0.3) is 5.97 Å². The summed E-state index contributed by atoms with van der Waals surface area (Å²) < 4.78 is 0. The molecule has 3 nitrogen and oxygen atoms in total. The Morgan fingerprint density at radius 1 is 1.04 bits per heavy atom. The van der Waals surface area contributed by atoms with Gasteiger partial charge < -0.3 is 10.2 Å². The Labute approximate surface area is 137 Å². The van der Waals surface area contributed by atoms with Gasteiger partial charge in [0.2, 0.25) is 0 Å². The van der Waals surface area contributed by atoms with Crippen LogP contribution in [0.4, 0.5) is 0 Å². The van der Waals surface area contributed by atoms with E-state index in [1.165, 1.54) is 11.1 Å². The molecule has 0 aliphatic heterocycles. The molecule has 0 bridgehead atoms. The molecule has 3 rings (SSSR count). The van der Waals surface area contributed by atoms with Crippen LogP contribution in [0.2, 0.25) is 0 Å². The van der Waals surface area contributed by atoms with Crippen LogP contribution in [-0.2, 0) is 11.2 Å². The van der Waals surface area contributed by atoms with Crippen molar-refractivity contribution in [3.63, 3.8) is 0 Å². The van der Waals surface area contributed by atoms with E-state index in [9.17, 15) is 5.11 Å². The molecule has 0 saturated heterocycles. The quantitative estimate of drug-likeness (QED) is 0.830. The number of fused-ring (bicyclic) bond motifs is 1. The third kappa shape index (κ3) is 3.80. The number of aliphatic hydroxyl groups excluding tert-OH is 1. The number of carboxylic acids is 1. The first-order valence-electron chi connectivity index (χ1n) is 7.84. The highest BCUT2D eigenvalue weighted by molar-refractivity contribution is 5.62. The monoisotopic (exact) mass is 312 g/mol. The van der Waals surface area contributed by atoms with Gasteiger partial charge >= 0.3 is 0 Å². The van der Waals surface area contributed by atoms with Crippen LogP contribution in [0.25, 0.3) is 0 Å². The maximum atomic E-state index is 10.7. The maximum absolute atomic E-state index is 10.7. The number of benzene rings is 2. The lowest BCUT2D eigenvalue weighted by atomic mass is 9.62. The van der Waals surface area contributed by atoms with Crippen LogP contribution < -0.4 is 0 Å². The van der Waals surface area contributed by atoms with Gasteiger partial charge in [0, 0.05) is 12.3 Å². The van der Waals surface area contributed by atoms with E-state index in [1.54, 1.807) is 0 Å². The fraction of sp³-hybridized carbons (Fsp3) is 0.350. The molecule has 2 atom stereocenters. The van der Waals surface area contributed by atoms with E-state index in [2.05, 4.69) is 56.3 Å². The molecule has 3 heteroatoms. The lowest BCUT2D eigenvalue weighted by molar-refractivity contribution is -0.134. The molecule has 1 aliphatic carbocycles. The summed E-state index contributed by atoms with van der Waals surface area (Å²) in [5.41, 5.74) is 3.55. The van der Waals surface area contributed by atoms with Crippen LogP contribution >= 0.6 is 0 Å². The van der Waals surface area contributed by atoms with Crippen LogP contribution in [0, 0.1) is 5.41 Å². The van der Waals surface area contributed by atoms with Crippen LogP contribution in [-0.4, -0.2) is 16.2 Å². The van der Waals surface area contributed by atoms with Gasteiger partial charge in [-0.1, -0.05) is 68.4 Å². The largest absolute Gasteiger partial charge is 0.481 e. The molecular formula is C20H24O3. The van der Waals surface area contributed by atoms with Crippen LogP contribution in [0.3, 0.4) is 0 Å². The van der Waals surface area contributed by atoms with Gasteiger partial charge in [0.1, 0.15) is 0 Å². The molecule has 2 aromatic carbocycles. The van der Waals surface area contributed by atoms with Crippen molar-refractivity contribution in [2.75, 3.05) is 0 Å². The third-order valence-corrected chi connectivity index (χ3v) is 4.58. The van der Waals surface area contributed by atoms with E-state index >= 15 is 0 Å². The van der Waals surface area contributed by atoms with Crippen LogP contribution in [0.1, 0.15) is 49.5 Å². The van der Waals surface area contributed by atoms with Crippen molar-refractivity contribution in [3.8, 4) is 0 Å². The minimum Gasteiger partial charge on any atom is -0.481 e. The van der Waals surface area contributed by atoms with Crippen LogP contribution in [0.15, 0.2) is 54.6 Å². The van der Waals surface area contributed by atoms with E-state index in [0.717, 1.165) is 18.9 Å². The van der Waals surface area contributed by atoms with Gasteiger partial charge in [-0.05, 0) is 29.0 Å². The van der Waals surface area contributed by atoms with Crippen molar-refractivity contribution in [2.45, 2.75) is 39.2 Å². The molecule has 23 heavy (non-hydrogen) atoms. The highest BCUT2D eigenvalue weighted by Crippen LogP contribution is 2.51. The Morgan fingerprint density at radius 3 is 2.17 bits per heavy atom. The second-order valence-corrected chi connectivity index (χ2v) is 6.61. The normalized spacial score (nSPS) is 21.6. The van der Waals surface area contributed by atoms with Crippen molar-refractivity contribution in [1.82, 2.24) is 0 Å². The van der Waals surface area contributed by atoms with Gasteiger partial charge in [-0.2, -0.15) is 0 Å². The van der Waals surface area contributed by atoms with Gasteiger partial charge in [0.15, 0.2) is 0 Å². The molecule has 0 fully saturated rings. The minimum atomic E-state index is -0.833. The zero-order valence-electron chi connectivity index (χ0n) is 13.9. The Hall–Kier alpha value is -2.13. The number of aliphatic hydroxyl groups is 1. The first-order chi connectivity index (χ1) is 10.8. The molecule has 2 aromatic rings. The van der Waals surface area contributed by atoms with E-state index in [-0.39, 0.29) is 5.41 Å². The average molecular weight is 312 g/mol. The van der Waals surface area contributed by atoms with Gasteiger partial charge in [0.05, 0.1) is 6.10 Å². The zero-order valence-corrected chi connectivity index (χ0v) is 13.9. The van der Waals surface area contributed by atoms with Gasteiger partial charge in [-0.25, -0.2) is 0 Å². The number of rotatable bonds is 1. The molecule has 0 spiro atoms. The Balaban J connectivity index is 0.000000433. The predicted octanol–water partition coefficient (Wildman–Crippen LogP) is 4.18. The zero-order chi connectivity index (χ0) is 17.0. The summed E-state index contributed by atoms with van der Waals surface area (Å²) in [6.07, 6.45) is 0.604. The summed E-state index contributed by atoms with van der Waals surface area (Å²) in [4.78, 5) is 9.00. The van der Waals surface area contributed by atoms with Crippen molar-refractivity contribution in [2.24, 2.45) is 5.41 Å². The lowest BCUT2D eigenvalue weighted by Crippen LogP contribution is -2.35. The third-order valence-electron chi connectivity index (χ3n) is 4.58. The molecule has 1 aliphatic rings. The highest BCUT2D eigenvalue weighted by atomic mass is 16.4. The van der Waals surface area contributed by atoms with E-state index in [1.807, 2.05) is 12.1 Å². The average Bonchev–Trinajstić information content (AvgIpc) is 2.51. The summed E-state index contributed by atoms with van der Waals surface area (Å²) in [6, 6.07) is 18.8. The second kappa shape index (κ2) is 6.97. The van der Waals surface area contributed by atoms with E-state index in [0.29, 0.717) is 5.92 Å². The smallest absolute Gasteiger partial charge is 0.300 e. The molecule has 0 radical (unpaired) electrons. The van der Waals surface area contributed by atoms with Gasteiger partial charge in [-0.15, -0.1) is 0 Å². The number of carbonyl (C=O) groups is 1. The lowest BCUT2D eigenvalue weighted by Gasteiger charge is -2.44. The Bertz CT molecular complexity index is 658. The summed E-state index contributed by atoms with van der Waals surface area (Å²) in [5.74, 6) is -0.474. The van der Waals surface area contributed by atoms with Crippen LogP contribution in [0.5, 0.6) is 0 Å². The molecule has 0 saturated carbocycles. The Kier molecular flexibility index (Phi) is 5.22. The first-order valence-corrected chi connectivity index (χ1v) is 7.84. The van der Waals surface area contributed by atoms with Gasteiger partial charge in [-0.3, -0.25) is 4.79 Å². The van der Waals surface area contributed by atoms with Crippen molar-refractivity contribution in [3.05, 3.63) is 71.3 Å². The van der Waals surface area contributed by atoms with E-state index in [4.69, 9.17) is 9.90 Å². The summed E-state index contributed by atoms with van der Waals surface area (Å²) in [5, 5.41) is 18.1. The second-order valence-electron chi connectivity index (χ2n) is 6.61. The minimum absolute atomic E-state index is 0.143. The number of carboxylic acid groups (broad SMARTS) is 1. The number of aliphatic carboxylic acids is 1. The predicted molar refractivity (Wildman–Crippen MR) is 91.4 cm³/mol. The molecule has 0 aromatic heterocycles. The molecule has 2 N–H and O–H groups in total. The number of hydrogen-bond donors (Lipinski definition) is 2. The summed E-state index contributed by atoms with van der Waals surface area (Å²) in [7, 11) is 0. The molecule has 0 amide bonds. The molecule has 122 valence electrons. The molecule has 0 unspecified atom stereocenters. The molecule has 0 heterocycles. The first kappa shape index (κ1) is 17.2. The summed E-state index contributed by atoms with van der Waals surface area (Å²) >= 11 is 0. The number of hydrogen-bond acceptors (Lipinski definition) is 2.